The molecule has 0 saturated heterocycles. The molecule has 0 bridgehead atoms. The van der Waals surface area contributed by atoms with Gasteiger partial charge in [-0.2, -0.15) is 0 Å². The summed E-state index contributed by atoms with van der Waals surface area (Å²) in [5.74, 6) is 0. The van der Waals surface area contributed by atoms with Crippen molar-refractivity contribution in [2.75, 3.05) is 4.90 Å². The number of para-hydroxylation sites is 2. The molecule has 2 heterocycles. The van der Waals surface area contributed by atoms with Crippen LogP contribution < -0.4 is 15.3 Å². The minimum atomic E-state index is -1.62. The summed E-state index contributed by atoms with van der Waals surface area (Å²) < 4.78 is 5.28. The van der Waals surface area contributed by atoms with Gasteiger partial charge in [0.15, 0.2) is 0 Å². The third-order valence-corrected chi connectivity index (χ3v) is 20.4. The zero-order valence-corrected chi connectivity index (χ0v) is 44.0. The molecule has 0 aliphatic heterocycles. The van der Waals surface area contributed by atoms with Crippen LogP contribution in [0.4, 0.5) is 17.1 Å². The van der Waals surface area contributed by atoms with Crippen molar-refractivity contribution >= 4 is 96.9 Å². The molecule has 0 N–H and O–H groups in total. The van der Waals surface area contributed by atoms with Crippen LogP contribution in [0.1, 0.15) is 38.9 Å². The standard InChI is InChI=1S/C64H58N2SSi2/c1-41-20-18-21-42(2)61(41)65(46-30-33-48(34-31-46)68(4,5)6)47-32-36-51-54(38-47)64(44-23-12-10-13-24-44,45-25-14-11-15-26-45)55-40-57(60-52-27-16-17-29-58(52)67-63(60)59(51)55)66-56-37-35-49(69(7,8)9)39-53(56)50-28-19-22-43(3)62(50)66/h10-40H,1-9H3. The fourth-order valence-corrected chi connectivity index (χ4v) is 15.4. The lowest BCUT2D eigenvalue weighted by Crippen LogP contribution is -2.37. The van der Waals surface area contributed by atoms with Crippen molar-refractivity contribution in [3.05, 3.63) is 227 Å². The van der Waals surface area contributed by atoms with E-state index in [4.69, 9.17) is 0 Å². The summed E-state index contributed by atoms with van der Waals surface area (Å²) in [6.07, 6.45) is 0. The van der Waals surface area contributed by atoms with E-state index in [9.17, 15) is 0 Å². The van der Waals surface area contributed by atoms with E-state index in [0.717, 1.165) is 5.69 Å². The highest BCUT2D eigenvalue weighted by molar-refractivity contribution is 7.26. The molecule has 0 unspecified atom stereocenters. The van der Waals surface area contributed by atoms with Gasteiger partial charge >= 0.3 is 0 Å². The summed E-state index contributed by atoms with van der Waals surface area (Å²) in [6.45, 7) is 21.5. The lowest BCUT2D eigenvalue weighted by molar-refractivity contribution is 0.768. The van der Waals surface area contributed by atoms with Crippen LogP contribution in [-0.4, -0.2) is 20.7 Å². The van der Waals surface area contributed by atoms with Gasteiger partial charge in [-0.05, 0) is 108 Å². The van der Waals surface area contributed by atoms with Gasteiger partial charge in [0.05, 0.1) is 44.0 Å². The summed E-state index contributed by atoms with van der Waals surface area (Å²) in [7, 11) is -3.16. The number of rotatable bonds is 8. The van der Waals surface area contributed by atoms with Crippen molar-refractivity contribution in [2.45, 2.75) is 65.5 Å². The molecular formula is C64H58N2SSi2. The molecule has 0 spiro atoms. The highest BCUT2D eigenvalue weighted by atomic mass is 32.1. The molecule has 12 rings (SSSR count). The molecule has 0 amide bonds. The number of fused-ring (bicyclic) bond motifs is 10. The van der Waals surface area contributed by atoms with Gasteiger partial charge in [0.2, 0.25) is 0 Å². The summed E-state index contributed by atoms with van der Waals surface area (Å²) >= 11 is 1.95. The van der Waals surface area contributed by atoms with Crippen molar-refractivity contribution in [3.63, 3.8) is 0 Å². The van der Waals surface area contributed by atoms with Gasteiger partial charge in [0.25, 0.3) is 0 Å². The Hall–Kier alpha value is -6.77. The van der Waals surface area contributed by atoms with Crippen molar-refractivity contribution < 1.29 is 0 Å². The topological polar surface area (TPSA) is 8.17 Å². The van der Waals surface area contributed by atoms with E-state index in [2.05, 4.69) is 258 Å². The van der Waals surface area contributed by atoms with E-state index in [1.54, 1.807) is 0 Å². The smallest absolute Gasteiger partial charge is 0.0776 e. The number of hydrogen-bond acceptors (Lipinski definition) is 2. The molecule has 9 aromatic carbocycles. The fraction of sp³-hybridized carbons (Fsp3) is 0.156. The second kappa shape index (κ2) is 15.9. The normalized spacial score (nSPS) is 13.4. The Morgan fingerprint density at radius 2 is 1.06 bits per heavy atom. The van der Waals surface area contributed by atoms with Crippen molar-refractivity contribution in [3.8, 4) is 16.8 Å². The van der Waals surface area contributed by atoms with Crippen LogP contribution in [0, 0.1) is 20.8 Å². The summed E-state index contributed by atoms with van der Waals surface area (Å²) in [6, 6.07) is 72.3. The Labute approximate surface area is 413 Å². The average molecular weight is 943 g/mol. The predicted molar refractivity (Wildman–Crippen MR) is 306 cm³/mol. The third-order valence-electron chi connectivity index (χ3n) is 15.1. The van der Waals surface area contributed by atoms with Crippen LogP contribution in [0.15, 0.2) is 188 Å². The van der Waals surface area contributed by atoms with Gasteiger partial charge in [0, 0.05) is 47.9 Å². The van der Waals surface area contributed by atoms with Crippen molar-refractivity contribution in [2.24, 2.45) is 0 Å². The van der Waals surface area contributed by atoms with Crippen molar-refractivity contribution in [1.82, 2.24) is 4.57 Å². The van der Waals surface area contributed by atoms with Crippen LogP contribution in [0.2, 0.25) is 39.3 Å². The largest absolute Gasteiger partial charge is 0.310 e. The van der Waals surface area contributed by atoms with E-state index in [1.807, 2.05) is 11.3 Å². The summed E-state index contributed by atoms with van der Waals surface area (Å²) in [4.78, 5) is 2.53. The molecule has 69 heavy (non-hydrogen) atoms. The summed E-state index contributed by atoms with van der Waals surface area (Å²) in [5, 5.41) is 8.20. The monoisotopic (exact) mass is 942 g/mol. The molecule has 1 aliphatic rings. The van der Waals surface area contributed by atoms with Gasteiger partial charge in [-0.1, -0.05) is 195 Å². The number of nitrogens with zero attached hydrogens (tertiary/aromatic N) is 2. The second-order valence-electron chi connectivity index (χ2n) is 21.5. The van der Waals surface area contributed by atoms with Gasteiger partial charge in [-0.3, -0.25) is 0 Å². The predicted octanol–water partition coefficient (Wildman–Crippen LogP) is 17.0. The quantitative estimate of drug-likeness (QED) is 0.138. The molecule has 2 aromatic heterocycles. The zero-order chi connectivity index (χ0) is 47.6. The molecule has 0 radical (unpaired) electrons. The van der Waals surface area contributed by atoms with Gasteiger partial charge < -0.3 is 9.47 Å². The first-order valence-corrected chi connectivity index (χ1v) is 32.3. The molecule has 1 aliphatic carbocycles. The van der Waals surface area contributed by atoms with E-state index < -0.39 is 21.6 Å². The molecule has 5 heteroatoms. The highest BCUT2D eigenvalue weighted by Crippen LogP contribution is 2.61. The average Bonchev–Trinajstić information content (AvgIpc) is 3.99. The van der Waals surface area contributed by atoms with Gasteiger partial charge in [-0.15, -0.1) is 11.3 Å². The lowest BCUT2D eigenvalue weighted by atomic mass is 9.67. The maximum atomic E-state index is 2.64. The van der Waals surface area contributed by atoms with Gasteiger partial charge in [-0.25, -0.2) is 0 Å². The minimum Gasteiger partial charge on any atom is -0.310 e. The van der Waals surface area contributed by atoms with Crippen LogP contribution in [0.5, 0.6) is 0 Å². The van der Waals surface area contributed by atoms with E-state index >= 15 is 0 Å². The highest BCUT2D eigenvalue weighted by Gasteiger charge is 2.48. The number of anilines is 3. The first kappa shape index (κ1) is 43.5. The Bertz CT molecular complexity index is 3770. The molecule has 0 fully saturated rings. The fourth-order valence-electron chi connectivity index (χ4n) is 11.8. The maximum absolute atomic E-state index is 2.64. The van der Waals surface area contributed by atoms with E-state index in [1.165, 1.54) is 119 Å². The lowest BCUT2D eigenvalue weighted by Gasteiger charge is -2.35. The molecule has 338 valence electrons. The molecular weight excluding hydrogens is 885 g/mol. The molecule has 0 atom stereocenters. The van der Waals surface area contributed by atoms with E-state index in [0.29, 0.717) is 0 Å². The number of hydrogen-bond donors (Lipinski definition) is 0. The SMILES string of the molecule is Cc1cccc(C)c1N(c1ccc([Si](C)(C)C)cc1)c1ccc2c(c1)C(c1ccccc1)(c1ccccc1)c1cc(-n3c4ccc([Si](C)(C)C)cc4c4cccc(C)c43)c3c(sc4ccccc43)c1-2. The van der Waals surface area contributed by atoms with Gasteiger partial charge in [0.1, 0.15) is 0 Å². The first-order chi connectivity index (χ1) is 33.2. The molecule has 0 saturated carbocycles. The number of thiophene rings is 1. The zero-order valence-electron chi connectivity index (χ0n) is 41.2. The van der Waals surface area contributed by atoms with Crippen LogP contribution >= 0.6 is 11.3 Å². The Kier molecular flexibility index (Phi) is 10.0. The van der Waals surface area contributed by atoms with Crippen LogP contribution in [-0.2, 0) is 5.41 Å². The first-order valence-electron chi connectivity index (χ1n) is 24.5. The maximum Gasteiger partial charge on any atom is 0.0776 e. The second-order valence-corrected chi connectivity index (χ2v) is 32.7. The Morgan fingerprint density at radius 1 is 0.478 bits per heavy atom. The third kappa shape index (κ3) is 6.61. The van der Waals surface area contributed by atoms with Crippen LogP contribution in [0.25, 0.3) is 58.8 Å². The number of aryl methyl sites for hydroxylation is 3. The molecule has 11 aromatic rings. The van der Waals surface area contributed by atoms with E-state index in [-0.39, 0.29) is 0 Å². The Balaban J connectivity index is 1.24. The minimum absolute atomic E-state index is 0.657. The number of aromatic nitrogens is 1. The molecule has 2 nitrogen and oxygen atoms in total. The van der Waals surface area contributed by atoms with Crippen LogP contribution in [0.3, 0.4) is 0 Å². The Morgan fingerprint density at radius 3 is 1.72 bits per heavy atom. The van der Waals surface area contributed by atoms with Crippen molar-refractivity contribution in [1.29, 1.82) is 0 Å². The summed E-state index contributed by atoms with van der Waals surface area (Å²) in [5.41, 5.74) is 18.2. The number of benzene rings is 9.